The largest absolute Gasteiger partial charge is 0.466 e. The van der Waals surface area contributed by atoms with Gasteiger partial charge < -0.3 is 9.47 Å². The van der Waals surface area contributed by atoms with E-state index >= 15 is 0 Å². The van der Waals surface area contributed by atoms with Crippen molar-refractivity contribution in [3.05, 3.63) is 4.91 Å². The van der Waals surface area contributed by atoms with Crippen LogP contribution in [0.15, 0.2) is 5.18 Å². The number of nitroso groups, excluding NO2 is 1. The number of nitrogens with zero attached hydrogens (tertiary/aromatic N) is 1. The van der Waals surface area contributed by atoms with Crippen LogP contribution in [0, 0.1) is 4.91 Å². The molecule has 0 amide bonds. The summed E-state index contributed by atoms with van der Waals surface area (Å²) in [6.07, 6.45) is -0.664. The molecule has 7 heteroatoms. The van der Waals surface area contributed by atoms with Crippen LogP contribution in [0.5, 0.6) is 0 Å². The van der Waals surface area contributed by atoms with Gasteiger partial charge in [0.25, 0.3) is 0 Å². The smallest absolute Gasteiger partial charge is 0.342 e. The molecule has 0 aromatic rings. The second kappa shape index (κ2) is 7.49. The number of ether oxygens (including phenoxy) is 2. The Balaban J connectivity index is 4.36. The van der Waals surface area contributed by atoms with Crippen LogP contribution in [0.1, 0.15) is 20.3 Å². The Morgan fingerprint density at radius 3 is 2.12 bits per heavy atom. The van der Waals surface area contributed by atoms with Crippen molar-refractivity contribution < 1.29 is 23.9 Å². The number of rotatable bonds is 7. The van der Waals surface area contributed by atoms with E-state index in [1.807, 2.05) is 0 Å². The Kier molecular flexibility index (Phi) is 6.66. The van der Waals surface area contributed by atoms with Gasteiger partial charge in [0.15, 0.2) is 5.78 Å². The van der Waals surface area contributed by atoms with Crippen molar-refractivity contribution >= 4 is 17.7 Å². The van der Waals surface area contributed by atoms with Crippen molar-refractivity contribution in [1.29, 1.82) is 0 Å². The lowest BCUT2D eigenvalue weighted by molar-refractivity contribution is -0.149. The van der Waals surface area contributed by atoms with E-state index in [4.69, 9.17) is 0 Å². The number of esters is 2. The van der Waals surface area contributed by atoms with Crippen molar-refractivity contribution in [2.45, 2.75) is 26.3 Å². The van der Waals surface area contributed by atoms with Crippen LogP contribution >= 0.6 is 0 Å². The highest BCUT2D eigenvalue weighted by Gasteiger charge is 2.30. The molecule has 0 spiro atoms. The predicted molar refractivity (Wildman–Crippen MR) is 52.5 cm³/mol. The molecule has 16 heavy (non-hydrogen) atoms. The average molecular weight is 231 g/mol. The zero-order valence-electron chi connectivity index (χ0n) is 9.10. The maximum Gasteiger partial charge on any atom is 0.342 e. The van der Waals surface area contributed by atoms with E-state index in [1.54, 1.807) is 6.92 Å². The van der Waals surface area contributed by atoms with Gasteiger partial charge in [0, 0.05) is 0 Å². The van der Waals surface area contributed by atoms with Gasteiger partial charge in [-0.15, -0.1) is 4.91 Å². The molecular weight excluding hydrogens is 218 g/mol. The minimum Gasteiger partial charge on any atom is -0.466 e. The summed E-state index contributed by atoms with van der Waals surface area (Å²) >= 11 is 0. The highest BCUT2D eigenvalue weighted by molar-refractivity contribution is 6.09. The first-order chi connectivity index (χ1) is 7.56. The molecule has 0 bridgehead atoms. The third-order valence-corrected chi connectivity index (χ3v) is 1.54. The van der Waals surface area contributed by atoms with E-state index in [9.17, 15) is 19.3 Å². The van der Waals surface area contributed by atoms with E-state index in [0.717, 1.165) is 0 Å². The van der Waals surface area contributed by atoms with E-state index in [0.29, 0.717) is 0 Å². The number of hydrogen-bond acceptors (Lipinski definition) is 7. The molecule has 0 aromatic carbocycles. The number of carbonyl (C=O) groups is 3. The van der Waals surface area contributed by atoms with Gasteiger partial charge in [-0.05, 0) is 19.0 Å². The molecule has 7 nitrogen and oxygen atoms in total. The zero-order valence-corrected chi connectivity index (χ0v) is 9.10. The highest BCUT2D eigenvalue weighted by Crippen LogP contribution is 2.02. The molecule has 0 fully saturated rings. The molecular formula is C9H13NO6. The van der Waals surface area contributed by atoms with E-state index in [-0.39, 0.29) is 13.2 Å². The van der Waals surface area contributed by atoms with Crippen LogP contribution in [-0.4, -0.2) is 37.0 Å². The van der Waals surface area contributed by atoms with Gasteiger partial charge in [-0.1, -0.05) is 0 Å². The summed E-state index contributed by atoms with van der Waals surface area (Å²) < 4.78 is 8.94. The molecule has 0 saturated heterocycles. The molecule has 0 radical (unpaired) electrons. The SMILES string of the molecule is CCOC(=O)CC(=O)C(N=O)C(=O)OCC. The van der Waals surface area contributed by atoms with Crippen LogP contribution in [0.25, 0.3) is 0 Å². The van der Waals surface area contributed by atoms with E-state index in [1.165, 1.54) is 6.92 Å². The molecule has 0 aromatic heterocycles. The Labute approximate surface area is 92.1 Å². The molecule has 0 aliphatic rings. The Bertz CT molecular complexity index is 288. The van der Waals surface area contributed by atoms with Gasteiger partial charge in [0.1, 0.15) is 6.42 Å². The highest BCUT2D eigenvalue weighted by atomic mass is 16.5. The fraction of sp³-hybridized carbons (Fsp3) is 0.667. The van der Waals surface area contributed by atoms with Crippen molar-refractivity contribution in [2.24, 2.45) is 5.18 Å². The topological polar surface area (TPSA) is 99.1 Å². The lowest BCUT2D eigenvalue weighted by Gasteiger charge is -2.06. The van der Waals surface area contributed by atoms with Gasteiger partial charge >= 0.3 is 11.9 Å². The average Bonchev–Trinajstić information content (AvgIpc) is 2.19. The fourth-order valence-electron chi connectivity index (χ4n) is 0.905. The zero-order chi connectivity index (χ0) is 12.6. The lowest BCUT2D eigenvalue weighted by atomic mass is 10.1. The normalized spacial score (nSPS) is 11.4. The minimum absolute atomic E-state index is 0.0253. The third-order valence-electron chi connectivity index (χ3n) is 1.54. The summed E-state index contributed by atoms with van der Waals surface area (Å²) in [4.78, 5) is 43.5. The van der Waals surface area contributed by atoms with E-state index < -0.39 is 30.2 Å². The molecule has 0 saturated carbocycles. The number of carbonyl (C=O) groups excluding carboxylic acids is 3. The summed E-state index contributed by atoms with van der Waals surface area (Å²) in [5, 5.41) is 2.34. The second-order valence-electron chi connectivity index (χ2n) is 2.71. The molecule has 0 N–H and O–H groups in total. The van der Waals surface area contributed by atoms with Gasteiger partial charge in [-0.2, -0.15) is 0 Å². The minimum atomic E-state index is -1.79. The van der Waals surface area contributed by atoms with Crippen molar-refractivity contribution in [2.75, 3.05) is 13.2 Å². The van der Waals surface area contributed by atoms with Crippen molar-refractivity contribution in [3.63, 3.8) is 0 Å². The van der Waals surface area contributed by atoms with Crippen LogP contribution in [-0.2, 0) is 23.9 Å². The molecule has 0 aliphatic heterocycles. The lowest BCUT2D eigenvalue weighted by Crippen LogP contribution is -2.31. The summed E-state index contributed by atoms with van der Waals surface area (Å²) in [7, 11) is 0. The quantitative estimate of drug-likeness (QED) is 0.352. The van der Waals surface area contributed by atoms with Gasteiger partial charge in [-0.25, -0.2) is 4.79 Å². The van der Waals surface area contributed by atoms with Gasteiger partial charge in [0.05, 0.1) is 13.2 Å². The first kappa shape index (κ1) is 14.2. The number of ketones is 1. The molecule has 90 valence electrons. The van der Waals surface area contributed by atoms with Crippen LogP contribution in [0.4, 0.5) is 0 Å². The van der Waals surface area contributed by atoms with Crippen LogP contribution in [0.3, 0.4) is 0 Å². The number of hydrogen-bond donors (Lipinski definition) is 0. The summed E-state index contributed by atoms with van der Waals surface area (Å²) in [5.74, 6) is -2.77. The number of Topliss-reactive ketones (excluding diaryl/α,β-unsaturated/α-hetero) is 1. The summed E-state index contributed by atoms with van der Waals surface area (Å²) in [6.45, 7) is 3.24. The van der Waals surface area contributed by atoms with Crippen molar-refractivity contribution in [1.82, 2.24) is 0 Å². The molecule has 0 rings (SSSR count). The van der Waals surface area contributed by atoms with Crippen LogP contribution in [0.2, 0.25) is 0 Å². The van der Waals surface area contributed by atoms with Crippen molar-refractivity contribution in [3.8, 4) is 0 Å². The van der Waals surface area contributed by atoms with Gasteiger partial charge in [0.2, 0.25) is 6.04 Å². The van der Waals surface area contributed by atoms with Gasteiger partial charge in [-0.3, -0.25) is 9.59 Å². The maximum absolute atomic E-state index is 11.3. The Hall–Kier alpha value is -1.79. The monoisotopic (exact) mass is 231 g/mol. The maximum atomic E-state index is 11.3. The molecule has 1 atom stereocenters. The Morgan fingerprint density at radius 1 is 1.12 bits per heavy atom. The molecule has 0 aliphatic carbocycles. The Morgan fingerprint density at radius 2 is 1.69 bits per heavy atom. The standard InChI is InChI=1S/C9H13NO6/c1-3-15-7(12)5-6(11)8(10-14)9(13)16-4-2/h8H,3-5H2,1-2H3. The fourth-order valence-corrected chi connectivity index (χ4v) is 0.905. The second-order valence-corrected chi connectivity index (χ2v) is 2.71. The molecule has 0 heterocycles. The first-order valence-electron chi connectivity index (χ1n) is 4.74. The molecule has 1 unspecified atom stereocenters. The summed E-state index contributed by atoms with van der Waals surface area (Å²) in [6, 6.07) is -1.79. The first-order valence-corrected chi connectivity index (χ1v) is 4.74. The third kappa shape index (κ3) is 4.63. The van der Waals surface area contributed by atoms with Crippen LogP contribution < -0.4 is 0 Å². The summed E-state index contributed by atoms with van der Waals surface area (Å²) in [5.41, 5.74) is 0. The van der Waals surface area contributed by atoms with E-state index in [2.05, 4.69) is 14.7 Å². The predicted octanol–water partition coefficient (Wildman–Crippen LogP) is 0.207.